The van der Waals surface area contributed by atoms with Crippen LogP contribution in [0.5, 0.6) is 0 Å². The molecule has 1 amide bonds. The van der Waals surface area contributed by atoms with Gasteiger partial charge >= 0.3 is 0 Å². The molecule has 1 saturated heterocycles. The summed E-state index contributed by atoms with van der Waals surface area (Å²) in [5.41, 5.74) is -0.101. The summed E-state index contributed by atoms with van der Waals surface area (Å²) in [5, 5.41) is 3.42. The molecule has 1 saturated carbocycles. The van der Waals surface area contributed by atoms with Gasteiger partial charge < -0.3 is 10.2 Å². The van der Waals surface area contributed by atoms with Crippen LogP contribution < -0.4 is 5.32 Å². The van der Waals surface area contributed by atoms with Crippen molar-refractivity contribution in [2.45, 2.75) is 45.4 Å². The van der Waals surface area contributed by atoms with E-state index in [-0.39, 0.29) is 5.41 Å². The van der Waals surface area contributed by atoms with E-state index >= 15 is 0 Å². The number of rotatable bonds is 5. The van der Waals surface area contributed by atoms with Gasteiger partial charge in [-0.3, -0.25) is 4.79 Å². The third kappa shape index (κ3) is 3.01. The van der Waals surface area contributed by atoms with Crippen LogP contribution in [0.3, 0.4) is 0 Å². The minimum Gasteiger partial charge on any atom is -0.345 e. The van der Waals surface area contributed by atoms with Crippen LogP contribution in [0.15, 0.2) is 0 Å². The SMILES string of the molecule is CCCC1(C(=O)N(C)CC2CC2)CCCNC1. The summed E-state index contributed by atoms with van der Waals surface area (Å²) in [4.78, 5) is 14.7. The second-order valence-electron chi connectivity index (χ2n) is 5.94. The van der Waals surface area contributed by atoms with E-state index < -0.39 is 0 Å². The van der Waals surface area contributed by atoms with Crippen molar-refractivity contribution < 1.29 is 4.79 Å². The van der Waals surface area contributed by atoms with Crippen molar-refractivity contribution in [2.24, 2.45) is 11.3 Å². The van der Waals surface area contributed by atoms with Crippen molar-refractivity contribution in [2.75, 3.05) is 26.7 Å². The first-order valence-corrected chi connectivity index (χ1v) is 7.14. The molecule has 1 N–H and O–H groups in total. The highest BCUT2D eigenvalue weighted by atomic mass is 16.2. The minimum absolute atomic E-state index is 0.101. The highest BCUT2D eigenvalue weighted by molar-refractivity contribution is 5.83. The topological polar surface area (TPSA) is 32.3 Å². The Kier molecular flexibility index (Phi) is 4.08. The molecule has 3 nitrogen and oxygen atoms in total. The van der Waals surface area contributed by atoms with E-state index in [0.29, 0.717) is 5.91 Å². The summed E-state index contributed by atoms with van der Waals surface area (Å²) in [7, 11) is 1.99. The highest BCUT2D eigenvalue weighted by Gasteiger charge is 2.41. The molecule has 0 aromatic rings. The van der Waals surface area contributed by atoms with E-state index in [1.165, 1.54) is 12.8 Å². The molecule has 1 aliphatic carbocycles. The molecule has 0 bridgehead atoms. The average molecular weight is 238 g/mol. The number of nitrogens with one attached hydrogen (secondary N) is 1. The summed E-state index contributed by atoms with van der Waals surface area (Å²) in [6, 6.07) is 0. The third-order valence-corrected chi connectivity index (χ3v) is 4.23. The monoisotopic (exact) mass is 238 g/mol. The highest BCUT2D eigenvalue weighted by Crippen LogP contribution is 2.35. The molecule has 2 aliphatic rings. The lowest BCUT2D eigenvalue weighted by atomic mass is 9.75. The smallest absolute Gasteiger partial charge is 0.229 e. The number of piperidine rings is 1. The van der Waals surface area contributed by atoms with Gasteiger partial charge in [-0.25, -0.2) is 0 Å². The Morgan fingerprint density at radius 2 is 2.24 bits per heavy atom. The van der Waals surface area contributed by atoms with Crippen LogP contribution in [0.1, 0.15) is 45.4 Å². The molecule has 1 atom stereocenters. The Morgan fingerprint density at radius 3 is 2.76 bits per heavy atom. The maximum atomic E-state index is 12.7. The molecule has 17 heavy (non-hydrogen) atoms. The van der Waals surface area contributed by atoms with E-state index in [1.807, 2.05) is 11.9 Å². The second-order valence-corrected chi connectivity index (χ2v) is 5.94. The van der Waals surface area contributed by atoms with Gasteiger partial charge in [0.05, 0.1) is 5.41 Å². The van der Waals surface area contributed by atoms with Crippen molar-refractivity contribution in [3.05, 3.63) is 0 Å². The normalized spacial score (nSPS) is 29.1. The first-order chi connectivity index (χ1) is 8.18. The van der Waals surface area contributed by atoms with Gasteiger partial charge in [0.15, 0.2) is 0 Å². The number of nitrogens with zero attached hydrogens (tertiary/aromatic N) is 1. The molecule has 0 radical (unpaired) electrons. The van der Waals surface area contributed by atoms with Gasteiger partial charge in [-0.05, 0) is 44.6 Å². The Balaban J connectivity index is 1.99. The van der Waals surface area contributed by atoms with Gasteiger partial charge in [0, 0.05) is 20.1 Å². The molecule has 0 aromatic heterocycles. The van der Waals surface area contributed by atoms with Gasteiger partial charge in [0.25, 0.3) is 0 Å². The number of hydrogen-bond acceptors (Lipinski definition) is 2. The number of hydrogen-bond donors (Lipinski definition) is 1. The van der Waals surface area contributed by atoms with Crippen molar-refractivity contribution >= 4 is 5.91 Å². The molecule has 0 aromatic carbocycles. The Labute approximate surface area is 105 Å². The fourth-order valence-electron chi connectivity index (χ4n) is 3.12. The number of carbonyl (C=O) groups excluding carboxylic acids is 1. The fraction of sp³-hybridized carbons (Fsp3) is 0.929. The fourth-order valence-corrected chi connectivity index (χ4v) is 3.12. The lowest BCUT2D eigenvalue weighted by Gasteiger charge is -2.39. The molecule has 1 aliphatic heterocycles. The lowest BCUT2D eigenvalue weighted by molar-refractivity contribution is -0.142. The zero-order valence-corrected chi connectivity index (χ0v) is 11.3. The Morgan fingerprint density at radius 1 is 1.47 bits per heavy atom. The number of carbonyl (C=O) groups is 1. The van der Waals surface area contributed by atoms with E-state index in [4.69, 9.17) is 0 Å². The molecule has 2 rings (SSSR count). The van der Waals surface area contributed by atoms with Crippen molar-refractivity contribution in [1.82, 2.24) is 10.2 Å². The zero-order valence-electron chi connectivity index (χ0n) is 11.3. The summed E-state index contributed by atoms with van der Waals surface area (Å²) in [6.07, 6.45) is 6.98. The van der Waals surface area contributed by atoms with Gasteiger partial charge in [0.2, 0.25) is 5.91 Å². The van der Waals surface area contributed by atoms with Crippen LogP contribution in [-0.4, -0.2) is 37.5 Å². The lowest BCUT2D eigenvalue weighted by Crippen LogP contribution is -2.51. The maximum Gasteiger partial charge on any atom is 0.229 e. The molecular weight excluding hydrogens is 212 g/mol. The zero-order chi connectivity index (χ0) is 12.3. The predicted octanol–water partition coefficient (Wildman–Crippen LogP) is 2.02. The second kappa shape index (κ2) is 5.38. The van der Waals surface area contributed by atoms with Gasteiger partial charge in [-0.2, -0.15) is 0 Å². The van der Waals surface area contributed by atoms with Crippen LogP contribution >= 0.6 is 0 Å². The molecule has 1 unspecified atom stereocenters. The maximum absolute atomic E-state index is 12.7. The van der Waals surface area contributed by atoms with Crippen LogP contribution in [0.4, 0.5) is 0 Å². The summed E-state index contributed by atoms with van der Waals surface area (Å²) in [5.74, 6) is 1.18. The van der Waals surface area contributed by atoms with Crippen molar-refractivity contribution in [1.29, 1.82) is 0 Å². The summed E-state index contributed by atoms with van der Waals surface area (Å²) >= 11 is 0. The van der Waals surface area contributed by atoms with Crippen molar-refractivity contribution in [3.8, 4) is 0 Å². The van der Waals surface area contributed by atoms with Gasteiger partial charge in [-0.1, -0.05) is 13.3 Å². The molecule has 98 valence electrons. The molecule has 3 heteroatoms. The van der Waals surface area contributed by atoms with E-state index in [0.717, 1.165) is 51.2 Å². The van der Waals surface area contributed by atoms with Crippen LogP contribution in [0.25, 0.3) is 0 Å². The van der Waals surface area contributed by atoms with Crippen LogP contribution in [-0.2, 0) is 4.79 Å². The average Bonchev–Trinajstić information content (AvgIpc) is 3.13. The quantitative estimate of drug-likeness (QED) is 0.795. The summed E-state index contributed by atoms with van der Waals surface area (Å²) in [6.45, 7) is 5.12. The third-order valence-electron chi connectivity index (χ3n) is 4.23. The number of amides is 1. The first kappa shape index (κ1) is 12.9. The predicted molar refractivity (Wildman–Crippen MR) is 69.8 cm³/mol. The van der Waals surface area contributed by atoms with E-state index in [1.54, 1.807) is 0 Å². The van der Waals surface area contributed by atoms with Gasteiger partial charge in [-0.15, -0.1) is 0 Å². The van der Waals surface area contributed by atoms with Crippen LogP contribution in [0.2, 0.25) is 0 Å². The molecule has 1 heterocycles. The van der Waals surface area contributed by atoms with Crippen molar-refractivity contribution in [3.63, 3.8) is 0 Å². The minimum atomic E-state index is -0.101. The van der Waals surface area contributed by atoms with E-state index in [2.05, 4.69) is 12.2 Å². The summed E-state index contributed by atoms with van der Waals surface area (Å²) < 4.78 is 0. The largest absolute Gasteiger partial charge is 0.345 e. The van der Waals surface area contributed by atoms with Crippen LogP contribution in [0, 0.1) is 11.3 Å². The standard InChI is InChI=1S/C14H26N2O/c1-3-7-14(8-4-9-15-11-14)13(17)16(2)10-12-5-6-12/h12,15H,3-11H2,1-2H3. The van der Waals surface area contributed by atoms with Gasteiger partial charge in [0.1, 0.15) is 0 Å². The molecule has 0 spiro atoms. The molecule has 2 fully saturated rings. The van der Waals surface area contributed by atoms with E-state index in [9.17, 15) is 4.79 Å². The first-order valence-electron chi connectivity index (χ1n) is 7.14. The Hall–Kier alpha value is -0.570. The Bertz CT molecular complexity index is 262. The molecular formula is C14H26N2O.